The maximum absolute atomic E-state index is 13.8. The number of carbonyl (C=O) groups is 3. The first-order valence-corrected chi connectivity index (χ1v) is 12.1. The van der Waals surface area contributed by atoms with Crippen molar-refractivity contribution in [3.8, 4) is 5.75 Å². The molecule has 0 aliphatic heterocycles. The van der Waals surface area contributed by atoms with Gasteiger partial charge in [-0.3, -0.25) is 14.5 Å². The fourth-order valence-corrected chi connectivity index (χ4v) is 4.46. The maximum Gasteiger partial charge on any atom is 0.337 e. The molecule has 1 atom stereocenters. The van der Waals surface area contributed by atoms with Crippen LogP contribution < -0.4 is 15.0 Å². The van der Waals surface area contributed by atoms with Gasteiger partial charge in [0.2, 0.25) is 5.91 Å². The number of ether oxygens (including phenoxy) is 2. The van der Waals surface area contributed by atoms with Crippen LogP contribution in [-0.4, -0.2) is 37.5 Å². The van der Waals surface area contributed by atoms with E-state index < -0.39 is 17.9 Å². The third-order valence-corrected chi connectivity index (χ3v) is 6.23. The zero-order valence-corrected chi connectivity index (χ0v) is 20.4. The van der Waals surface area contributed by atoms with Gasteiger partial charge in [0.1, 0.15) is 11.8 Å². The van der Waals surface area contributed by atoms with Crippen molar-refractivity contribution in [1.29, 1.82) is 0 Å². The fraction of sp³-hybridized carbons (Fsp3) is 0.321. The van der Waals surface area contributed by atoms with Crippen LogP contribution in [0, 0.1) is 0 Å². The normalized spacial score (nSPS) is 14.2. The van der Waals surface area contributed by atoms with Gasteiger partial charge in [-0.25, -0.2) is 4.79 Å². The van der Waals surface area contributed by atoms with Gasteiger partial charge in [0.25, 0.3) is 5.91 Å². The van der Waals surface area contributed by atoms with Crippen LogP contribution in [-0.2, 0) is 9.53 Å². The van der Waals surface area contributed by atoms with Gasteiger partial charge in [0.05, 0.1) is 25.5 Å². The molecule has 0 radical (unpaired) electrons. The second-order valence-electron chi connectivity index (χ2n) is 8.59. The van der Waals surface area contributed by atoms with Crippen molar-refractivity contribution in [1.82, 2.24) is 5.32 Å². The molecule has 1 aliphatic rings. The predicted octanol–water partition coefficient (Wildman–Crippen LogP) is 4.91. The summed E-state index contributed by atoms with van der Waals surface area (Å²) < 4.78 is 15.8. The highest BCUT2D eigenvalue weighted by molar-refractivity contribution is 6.09. The number of nitrogens with one attached hydrogen (secondary N) is 1. The molecule has 1 fully saturated rings. The highest BCUT2D eigenvalue weighted by Crippen LogP contribution is 2.32. The fourth-order valence-electron chi connectivity index (χ4n) is 4.46. The zero-order valence-electron chi connectivity index (χ0n) is 20.4. The van der Waals surface area contributed by atoms with E-state index in [-0.39, 0.29) is 17.7 Å². The van der Waals surface area contributed by atoms with Crippen molar-refractivity contribution in [2.24, 2.45) is 0 Å². The van der Waals surface area contributed by atoms with Gasteiger partial charge in [-0.15, -0.1) is 0 Å². The van der Waals surface area contributed by atoms with Gasteiger partial charge in [0, 0.05) is 11.7 Å². The molecule has 3 aromatic rings. The second-order valence-corrected chi connectivity index (χ2v) is 8.59. The lowest BCUT2D eigenvalue weighted by atomic mass is 10.0. The van der Waals surface area contributed by atoms with Gasteiger partial charge in [-0.1, -0.05) is 25.0 Å². The third-order valence-electron chi connectivity index (χ3n) is 6.23. The molecule has 2 amide bonds. The molecule has 188 valence electrons. The van der Waals surface area contributed by atoms with Gasteiger partial charge in [0.15, 0.2) is 5.76 Å². The Morgan fingerprint density at radius 1 is 1.03 bits per heavy atom. The minimum atomic E-state index is -0.983. The molecule has 1 unspecified atom stereocenters. The van der Waals surface area contributed by atoms with Crippen molar-refractivity contribution < 1.29 is 28.3 Å². The van der Waals surface area contributed by atoms with E-state index >= 15 is 0 Å². The van der Waals surface area contributed by atoms with E-state index in [1.165, 1.54) is 18.3 Å². The van der Waals surface area contributed by atoms with Crippen molar-refractivity contribution in [2.75, 3.05) is 18.6 Å². The van der Waals surface area contributed by atoms with Crippen molar-refractivity contribution in [2.45, 2.75) is 44.7 Å². The summed E-state index contributed by atoms with van der Waals surface area (Å²) in [5.74, 6) is -0.499. The Morgan fingerprint density at radius 2 is 1.72 bits per heavy atom. The van der Waals surface area contributed by atoms with Gasteiger partial charge in [-0.2, -0.15) is 0 Å². The predicted molar refractivity (Wildman–Crippen MR) is 134 cm³/mol. The standard InChI is InChI=1S/C28H30N2O6/c1-3-35-23-16-12-19(13-17-23)25(26(31)29-21-7-4-5-8-21)30(27(32)24-9-6-18-36-24)22-14-10-20(11-15-22)28(33)34-2/h6,9-18,21,25H,3-5,7-8H2,1-2H3,(H,29,31). The smallest absolute Gasteiger partial charge is 0.337 e. The third kappa shape index (κ3) is 5.59. The number of anilines is 1. The van der Waals surface area contributed by atoms with Crippen molar-refractivity contribution in [3.63, 3.8) is 0 Å². The van der Waals surface area contributed by atoms with E-state index in [0.29, 0.717) is 29.2 Å². The van der Waals surface area contributed by atoms with Crippen LogP contribution in [0.3, 0.4) is 0 Å². The van der Waals surface area contributed by atoms with E-state index in [9.17, 15) is 14.4 Å². The number of hydrogen-bond acceptors (Lipinski definition) is 6. The summed E-state index contributed by atoms with van der Waals surface area (Å²) in [6.45, 7) is 2.41. The average Bonchev–Trinajstić information content (AvgIpc) is 3.62. The molecule has 1 N–H and O–H groups in total. The molecular formula is C28H30N2O6. The monoisotopic (exact) mass is 490 g/mol. The zero-order chi connectivity index (χ0) is 25.5. The number of carbonyl (C=O) groups excluding carboxylic acids is 3. The summed E-state index contributed by atoms with van der Waals surface area (Å²) in [5, 5.41) is 3.14. The molecule has 8 heteroatoms. The second kappa shape index (κ2) is 11.6. The van der Waals surface area contributed by atoms with Crippen molar-refractivity contribution in [3.05, 3.63) is 83.8 Å². The average molecular weight is 491 g/mol. The maximum atomic E-state index is 13.8. The molecule has 0 bridgehead atoms. The Hall–Kier alpha value is -4.07. The summed E-state index contributed by atoms with van der Waals surface area (Å²) in [4.78, 5) is 40.9. The quantitative estimate of drug-likeness (QED) is 0.428. The molecular weight excluding hydrogens is 460 g/mol. The topological polar surface area (TPSA) is 98.1 Å². The lowest BCUT2D eigenvalue weighted by Crippen LogP contribution is -2.46. The summed E-state index contributed by atoms with van der Waals surface area (Å²) in [7, 11) is 1.30. The number of rotatable bonds is 9. The number of esters is 1. The minimum Gasteiger partial charge on any atom is -0.494 e. The molecule has 1 aromatic heterocycles. The number of hydrogen-bond donors (Lipinski definition) is 1. The molecule has 2 aromatic carbocycles. The molecule has 0 spiro atoms. The summed E-state index contributed by atoms with van der Waals surface area (Å²) in [5.41, 5.74) is 1.38. The van der Waals surface area contributed by atoms with Crippen molar-refractivity contribution >= 4 is 23.5 Å². The first-order valence-electron chi connectivity index (χ1n) is 12.1. The van der Waals surface area contributed by atoms with Crippen LogP contribution in [0.5, 0.6) is 5.75 Å². The molecule has 36 heavy (non-hydrogen) atoms. The van der Waals surface area contributed by atoms with E-state index in [1.807, 2.05) is 6.92 Å². The highest BCUT2D eigenvalue weighted by Gasteiger charge is 2.36. The van der Waals surface area contributed by atoms with Crippen LogP contribution >= 0.6 is 0 Å². The number of amides is 2. The van der Waals surface area contributed by atoms with Crippen LogP contribution in [0.2, 0.25) is 0 Å². The van der Waals surface area contributed by atoms with Crippen LogP contribution in [0.4, 0.5) is 5.69 Å². The lowest BCUT2D eigenvalue weighted by Gasteiger charge is -2.32. The van der Waals surface area contributed by atoms with E-state index in [4.69, 9.17) is 13.9 Å². The molecule has 0 saturated heterocycles. The number of nitrogens with zero attached hydrogens (tertiary/aromatic N) is 1. The number of furan rings is 1. The molecule has 4 rings (SSSR count). The Bertz CT molecular complexity index is 1170. The Balaban J connectivity index is 1.78. The molecule has 1 heterocycles. The SMILES string of the molecule is CCOc1ccc(C(C(=O)NC2CCCC2)N(C(=O)c2ccco2)c2ccc(C(=O)OC)cc2)cc1. The van der Waals surface area contributed by atoms with E-state index in [0.717, 1.165) is 25.7 Å². The Morgan fingerprint density at radius 3 is 2.31 bits per heavy atom. The summed E-state index contributed by atoms with van der Waals surface area (Å²) in [6, 6.07) is 15.8. The van der Waals surface area contributed by atoms with Crippen LogP contribution in [0.1, 0.15) is 65.1 Å². The Kier molecular flexibility index (Phi) is 8.05. The Labute approximate surface area is 210 Å². The number of benzene rings is 2. The minimum absolute atomic E-state index is 0.0602. The first kappa shape index (κ1) is 25.0. The van der Waals surface area contributed by atoms with E-state index in [2.05, 4.69) is 5.32 Å². The van der Waals surface area contributed by atoms with E-state index in [1.54, 1.807) is 60.7 Å². The van der Waals surface area contributed by atoms with Gasteiger partial charge < -0.3 is 19.2 Å². The molecule has 1 saturated carbocycles. The van der Waals surface area contributed by atoms with Crippen LogP contribution in [0.15, 0.2) is 71.3 Å². The van der Waals surface area contributed by atoms with Gasteiger partial charge in [-0.05, 0) is 73.9 Å². The summed E-state index contributed by atoms with van der Waals surface area (Å²) >= 11 is 0. The molecule has 8 nitrogen and oxygen atoms in total. The molecule has 1 aliphatic carbocycles. The number of methoxy groups -OCH3 is 1. The first-order chi connectivity index (χ1) is 17.5. The van der Waals surface area contributed by atoms with Gasteiger partial charge >= 0.3 is 5.97 Å². The highest BCUT2D eigenvalue weighted by atomic mass is 16.5. The van der Waals surface area contributed by atoms with Crippen LogP contribution in [0.25, 0.3) is 0 Å². The summed E-state index contributed by atoms with van der Waals surface area (Å²) in [6.07, 6.45) is 5.34. The lowest BCUT2D eigenvalue weighted by molar-refractivity contribution is -0.123. The largest absolute Gasteiger partial charge is 0.494 e.